The second-order valence-electron chi connectivity index (χ2n) is 6.98. The Morgan fingerprint density at radius 3 is 2.42 bits per heavy atom. The highest BCUT2D eigenvalue weighted by Crippen LogP contribution is 2.43. The van der Waals surface area contributed by atoms with Crippen LogP contribution in [0.15, 0.2) is 22.7 Å². The smallest absolute Gasteiger partial charge is 0.330 e. The number of carbonyl (C=O) groups is 1. The molecule has 0 aliphatic carbocycles. The van der Waals surface area contributed by atoms with Gasteiger partial charge in [-0.25, -0.2) is 4.79 Å². The van der Waals surface area contributed by atoms with Crippen LogP contribution in [0.1, 0.15) is 33.3 Å². The van der Waals surface area contributed by atoms with Gasteiger partial charge in [0.1, 0.15) is 0 Å². The lowest BCUT2D eigenvalue weighted by Gasteiger charge is -2.37. The van der Waals surface area contributed by atoms with Gasteiger partial charge in [-0.2, -0.15) is 0 Å². The second kappa shape index (κ2) is 8.21. The minimum absolute atomic E-state index is 0.0833. The van der Waals surface area contributed by atoms with Crippen molar-refractivity contribution in [3.8, 4) is 11.5 Å². The fraction of sp³-hybridized carbons (Fsp3) is 0.500. The van der Waals surface area contributed by atoms with Gasteiger partial charge in [-0.3, -0.25) is 0 Å². The van der Waals surface area contributed by atoms with Crippen molar-refractivity contribution in [2.24, 2.45) is 0 Å². The van der Waals surface area contributed by atoms with E-state index < -0.39 is 8.32 Å². The minimum atomic E-state index is -1.99. The van der Waals surface area contributed by atoms with Gasteiger partial charge in [-0.15, -0.1) is 0 Å². The zero-order chi connectivity index (χ0) is 18.5. The largest absolute Gasteiger partial charge is 0.540 e. The Kier molecular flexibility index (Phi) is 7.10. The monoisotopic (exact) mass is 414 g/mol. The van der Waals surface area contributed by atoms with Crippen LogP contribution in [-0.2, 0) is 9.53 Å². The summed E-state index contributed by atoms with van der Waals surface area (Å²) in [5, 5.41) is 0.0833. The fourth-order valence-corrected chi connectivity index (χ4v) is 3.42. The average molecular weight is 415 g/mol. The van der Waals surface area contributed by atoms with Gasteiger partial charge in [0, 0.05) is 6.08 Å². The standard InChI is InChI=1S/C18H27BrO4Si/c1-8-22-16(20)10-9-13-11-14(19)17(15(12-13)21-5)23-24(6,7)18(2,3)4/h9-12H,8H2,1-7H3/b10-9+. The van der Waals surface area contributed by atoms with E-state index in [4.69, 9.17) is 13.9 Å². The normalized spacial score (nSPS) is 12.3. The zero-order valence-electron chi connectivity index (χ0n) is 15.5. The molecule has 1 aromatic carbocycles. The van der Waals surface area contributed by atoms with Gasteiger partial charge >= 0.3 is 5.97 Å². The summed E-state index contributed by atoms with van der Waals surface area (Å²) in [6, 6.07) is 3.75. The first-order valence-electron chi connectivity index (χ1n) is 7.93. The lowest BCUT2D eigenvalue weighted by Crippen LogP contribution is -2.44. The summed E-state index contributed by atoms with van der Waals surface area (Å²) in [5.74, 6) is 0.976. The van der Waals surface area contributed by atoms with Crippen LogP contribution in [0, 0.1) is 0 Å². The van der Waals surface area contributed by atoms with Gasteiger partial charge in [0.15, 0.2) is 11.5 Å². The van der Waals surface area contributed by atoms with Crippen LogP contribution in [0.2, 0.25) is 18.1 Å². The van der Waals surface area contributed by atoms with E-state index in [0.29, 0.717) is 18.1 Å². The van der Waals surface area contributed by atoms with Gasteiger partial charge in [-0.1, -0.05) is 20.8 Å². The van der Waals surface area contributed by atoms with E-state index in [1.54, 1.807) is 20.1 Å². The van der Waals surface area contributed by atoms with Crippen LogP contribution in [0.25, 0.3) is 6.08 Å². The number of halogens is 1. The van der Waals surface area contributed by atoms with Crippen LogP contribution in [0.3, 0.4) is 0 Å². The summed E-state index contributed by atoms with van der Waals surface area (Å²) in [7, 11) is -0.381. The highest BCUT2D eigenvalue weighted by atomic mass is 79.9. The molecule has 1 aromatic rings. The summed E-state index contributed by atoms with van der Waals surface area (Å²) in [6.07, 6.45) is 3.10. The third-order valence-electron chi connectivity index (χ3n) is 4.11. The molecule has 6 heteroatoms. The third-order valence-corrected chi connectivity index (χ3v) is 9.03. The molecule has 0 aliphatic heterocycles. The fourth-order valence-electron chi connectivity index (χ4n) is 1.70. The molecule has 0 saturated carbocycles. The molecule has 0 heterocycles. The van der Waals surface area contributed by atoms with E-state index in [1.165, 1.54) is 6.08 Å². The molecule has 0 fully saturated rings. The molecule has 24 heavy (non-hydrogen) atoms. The number of ether oxygens (including phenoxy) is 2. The number of esters is 1. The molecule has 0 atom stereocenters. The maximum atomic E-state index is 11.4. The predicted octanol–water partition coefficient (Wildman–Crippen LogP) is 5.42. The Bertz CT molecular complexity index is 618. The Labute approximate surface area is 154 Å². The van der Waals surface area contributed by atoms with Crippen LogP contribution >= 0.6 is 15.9 Å². The lowest BCUT2D eigenvalue weighted by molar-refractivity contribution is -0.137. The molecule has 0 aromatic heterocycles. The summed E-state index contributed by atoms with van der Waals surface area (Å²) >= 11 is 3.56. The van der Waals surface area contributed by atoms with E-state index in [-0.39, 0.29) is 11.0 Å². The van der Waals surface area contributed by atoms with Crippen molar-refractivity contribution in [2.45, 2.75) is 45.8 Å². The maximum absolute atomic E-state index is 11.4. The Balaban J connectivity index is 3.15. The predicted molar refractivity (Wildman–Crippen MR) is 104 cm³/mol. The quantitative estimate of drug-likeness (QED) is 0.354. The summed E-state index contributed by atoms with van der Waals surface area (Å²) in [4.78, 5) is 11.4. The number of methoxy groups -OCH3 is 1. The maximum Gasteiger partial charge on any atom is 0.330 e. The van der Waals surface area contributed by atoms with Crippen LogP contribution in [0.5, 0.6) is 11.5 Å². The van der Waals surface area contributed by atoms with Gasteiger partial charge in [0.05, 0.1) is 18.2 Å². The number of rotatable bonds is 6. The van der Waals surface area contributed by atoms with Crippen LogP contribution in [0.4, 0.5) is 0 Å². The summed E-state index contributed by atoms with van der Waals surface area (Å²) in [5.41, 5.74) is 0.828. The second-order valence-corrected chi connectivity index (χ2v) is 12.6. The molecule has 0 aliphatic rings. The first kappa shape index (κ1) is 20.8. The lowest BCUT2D eigenvalue weighted by atomic mass is 10.2. The Hall–Kier alpha value is -1.27. The molecule has 0 saturated heterocycles. The van der Waals surface area contributed by atoms with E-state index in [0.717, 1.165) is 10.0 Å². The van der Waals surface area contributed by atoms with Crippen molar-refractivity contribution in [1.29, 1.82) is 0 Å². The van der Waals surface area contributed by atoms with Gasteiger partial charge in [-0.05, 0) is 64.8 Å². The van der Waals surface area contributed by atoms with Gasteiger partial charge in [0.25, 0.3) is 8.32 Å². The minimum Gasteiger partial charge on any atom is -0.540 e. The summed E-state index contributed by atoms with van der Waals surface area (Å²) in [6.45, 7) is 13.1. The molecule has 0 N–H and O–H groups in total. The molecule has 134 valence electrons. The van der Waals surface area contributed by atoms with E-state index >= 15 is 0 Å². The van der Waals surface area contributed by atoms with E-state index in [9.17, 15) is 4.79 Å². The van der Waals surface area contributed by atoms with Crippen molar-refractivity contribution >= 4 is 36.3 Å². The molecular weight excluding hydrogens is 388 g/mol. The first-order valence-corrected chi connectivity index (χ1v) is 11.6. The van der Waals surface area contributed by atoms with Crippen molar-refractivity contribution in [1.82, 2.24) is 0 Å². The highest BCUT2D eigenvalue weighted by molar-refractivity contribution is 9.10. The Morgan fingerprint density at radius 2 is 1.92 bits per heavy atom. The number of hydrogen-bond donors (Lipinski definition) is 0. The van der Waals surface area contributed by atoms with Crippen LogP contribution < -0.4 is 9.16 Å². The van der Waals surface area contributed by atoms with E-state index in [2.05, 4.69) is 49.8 Å². The van der Waals surface area contributed by atoms with Crippen molar-refractivity contribution < 1.29 is 18.7 Å². The van der Waals surface area contributed by atoms with Crippen molar-refractivity contribution in [3.63, 3.8) is 0 Å². The number of hydrogen-bond acceptors (Lipinski definition) is 4. The third kappa shape index (κ3) is 5.38. The molecule has 4 nitrogen and oxygen atoms in total. The zero-order valence-corrected chi connectivity index (χ0v) is 18.1. The number of benzene rings is 1. The van der Waals surface area contributed by atoms with E-state index in [1.807, 2.05) is 12.1 Å². The molecule has 0 amide bonds. The van der Waals surface area contributed by atoms with Gasteiger partial charge in [0.2, 0.25) is 0 Å². The molecule has 1 rings (SSSR count). The van der Waals surface area contributed by atoms with Gasteiger partial charge < -0.3 is 13.9 Å². The SMILES string of the molecule is CCOC(=O)/C=C/c1cc(Br)c(O[Si](C)(C)C(C)(C)C)c(OC)c1. The molecule has 0 spiro atoms. The summed E-state index contributed by atoms with van der Waals surface area (Å²) < 4.78 is 17.6. The first-order chi connectivity index (χ1) is 11.0. The highest BCUT2D eigenvalue weighted by Gasteiger charge is 2.40. The topological polar surface area (TPSA) is 44.8 Å². The number of carbonyl (C=O) groups excluding carboxylic acids is 1. The average Bonchev–Trinajstić information content (AvgIpc) is 2.46. The van der Waals surface area contributed by atoms with Crippen molar-refractivity contribution in [2.75, 3.05) is 13.7 Å². The molecular formula is C18H27BrO4Si. The molecule has 0 radical (unpaired) electrons. The van der Waals surface area contributed by atoms with Crippen LogP contribution in [-0.4, -0.2) is 28.0 Å². The van der Waals surface area contributed by atoms with Crippen molar-refractivity contribution in [3.05, 3.63) is 28.2 Å². The molecule has 0 bridgehead atoms. The Morgan fingerprint density at radius 1 is 1.29 bits per heavy atom. The molecule has 0 unspecified atom stereocenters.